The summed E-state index contributed by atoms with van der Waals surface area (Å²) in [6.07, 6.45) is -0.869. The standard InChI is InChI=1S/C24H40N6O11/c1-12(2)20(30-22(38)16(10-19(35)36)27-17(32)11-26-13(3)31)23(39)28-14(7-8-18(33)34)21(37)29-15(24(40)41)6-4-5-9-25/h12,14-16,20H,4-11,25H2,1-3H3,(H,26,31)(H,27,32)(H,28,39)(H,29,37)(H,30,38)(H,33,34)(H,35,36)(H,40,41). The van der Waals surface area contributed by atoms with Crippen LogP contribution < -0.4 is 32.3 Å². The molecule has 0 saturated carbocycles. The zero-order valence-corrected chi connectivity index (χ0v) is 23.2. The van der Waals surface area contributed by atoms with Crippen molar-refractivity contribution in [2.45, 2.75) is 83.5 Å². The minimum atomic E-state index is -1.63. The van der Waals surface area contributed by atoms with Crippen LogP contribution >= 0.6 is 0 Å². The molecule has 0 fully saturated rings. The lowest BCUT2D eigenvalue weighted by atomic mass is 10.0. The Morgan fingerprint density at radius 2 is 1.29 bits per heavy atom. The van der Waals surface area contributed by atoms with Gasteiger partial charge in [-0.05, 0) is 38.1 Å². The molecule has 41 heavy (non-hydrogen) atoms. The molecule has 0 radical (unpaired) electrons. The number of carboxylic acids is 3. The van der Waals surface area contributed by atoms with E-state index in [9.17, 15) is 43.5 Å². The molecular weight excluding hydrogens is 548 g/mol. The van der Waals surface area contributed by atoms with E-state index in [2.05, 4.69) is 26.6 Å². The van der Waals surface area contributed by atoms with Gasteiger partial charge in [0.15, 0.2) is 0 Å². The molecule has 4 atom stereocenters. The molecule has 0 aromatic rings. The number of hydrogen-bond donors (Lipinski definition) is 9. The molecule has 0 aromatic carbocycles. The number of hydrogen-bond acceptors (Lipinski definition) is 9. The van der Waals surface area contributed by atoms with E-state index in [-0.39, 0.29) is 6.42 Å². The highest BCUT2D eigenvalue weighted by atomic mass is 16.4. The normalized spacial score (nSPS) is 13.6. The Kier molecular flexibility index (Phi) is 16.9. The number of carbonyl (C=O) groups is 8. The first-order chi connectivity index (χ1) is 19.1. The van der Waals surface area contributed by atoms with Gasteiger partial charge in [-0.25, -0.2) is 4.79 Å². The molecule has 0 heterocycles. The first-order valence-corrected chi connectivity index (χ1v) is 12.9. The Bertz CT molecular complexity index is 972. The molecule has 0 bridgehead atoms. The van der Waals surface area contributed by atoms with Crippen molar-refractivity contribution >= 4 is 47.4 Å². The second-order valence-electron chi connectivity index (χ2n) is 9.54. The van der Waals surface area contributed by atoms with Crippen LogP contribution in [0.15, 0.2) is 0 Å². The van der Waals surface area contributed by atoms with Gasteiger partial charge >= 0.3 is 17.9 Å². The molecule has 0 saturated heterocycles. The Balaban J connectivity index is 5.74. The fraction of sp³-hybridized carbons (Fsp3) is 0.667. The van der Waals surface area contributed by atoms with Crippen LogP contribution in [0.3, 0.4) is 0 Å². The molecule has 0 spiro atoms. The highest BCUT2D eigenvalue weighted by Gasteiger charge is 2.33. The summed E-state index contributed by atoms with van der Waals surface area (Å²) in [5, 5.41) is 38.9. The molecule has 232 valence electrons. The second-order valence-corrected chi connectivity index (χ2v) is 9.54. The van der Waals surface area contributed by atoms with Gasteiger partial charge in [0.05, 0.1) is 13.0 Å². The molecule has 0 aliphatic heterocycles. The van der Waals surface area contributed by atoms with Crippen molar-refractivity contribution in [1.29, 1.82) is 0 Å². The minimum absolute atomic E-state index is 0.0428. The molecule has 5 amide bonds. The van der Waals surface area contributed by atoms with E-state index in [1.165, 1.54) is 13.8 Å². The van der Waals surface area contributed by atoms with Gasteiger partial charge in [-0.15, -0.1) is 0 Å². The van der Waals surface area contributed by atoms with Gasteiger partial charge in [0.2, 0.25) is 29.5 Å². The Hall–Kier alpha value is -4.28. The van der Waals surface area contributed by atoms with E-state index >= 15 is 0 Å². The summed E-state index contributed by atoms with van der Waals surface area (Å²) in [6.45, 7) is 3.98. The van der Waals surface area contributed by atoms with Crippen molar-refractivity contribution in [3.05, 3.63) is 0 Å². The Morgan fingerprint density at radius 1 is 0.707 bits per heavy atom. The third kappa shape index (κ3) is 15.8. The summed E-state index contributed by atoms with van der Waals surface area (Å²) in [7, 11) is 0. The van der Waals surface area contributed by atoms with E-state index in [0.717, 1.165) is 6.92 Å². The number of unbranched alkanes of at least 4 members (excludes halogenated alkanes) is 1. The fourth-order valence-electron chi connectivity index (χ4n) is 3.44. The van der Waals surface area contributed by atoms with Crippen LogP contribution in [0.5, 0.6) is 0 Å². The number of carboxylic acid groups (broad SMARTS) is 3. The molecule has 17 heteroatoms. The van der Waals surface area contributed by atoms with Crippen molar-refractivity contribution in [2.75, 3.05) is 13.1 Å². The van der Waals surface area contributed by atoms with Gasteiger partial charge in [0.1, 0.15) is 24.2 Å². The van der Waals surface area contributed by atoms with Crippen LogP contribution in [-0.4, -0.2) is 100 Å². The number of nitrogens with two attached hydrogens (primary N) is 1. The van der Waals surface area contributed by atoms with E-state index in [1.807, 2.05) is 0 Å². The van der Waals surface area contributed by atoms with Crippen molar-refractivity contribution < 1.29 is 53.7 Å². The number of rotatable bonds is 20. The van der Waals surface area contributed by atoms with Gasteiger partial charge in [0.25, 0.3) is 0 Å². The molecule has 4 unspecified atom stereocenters. The summed E-state index contributed by atoms with van der Waals surface area (Å²) < 4.78 is 0. The summed E-state index contributed by atoms with van der Waals surface area (Å²) in [4.78, 5) is 95.9. The second kappa shape index (κ2) is 18.9. The van der Waals surface area contributed by atoms with Gasteiger partial charge in [-0.2, -0.15) is 0 Å². The summed E-state index contributed by atoms with van der Waals surface area (Å²) >= 11 is 0. The quantitative estimate of drug-likeness (QED) is 0.0655. The molecule has 10 N–H and O–H groups in total. The molecular formula is C24H40N6O11. The third-order valence-corrected chi connectivity index (χ3v) is 5.62. The van der Waals surface area contributed by atoms with Crippen molar-refractivity contribution in [1.82, 2.24) is 26.6 Å². The van der Waals surface area contributed by atoms with Crippen LogP contribution in [0, 0.1) is 5.92 Å². The van der Waals surface area contributed by atoms with Crippen molar-refractivity contribution in [2.24, 2.45) is 11.7 Å². The topological polar surface area (TPSA) is 283 Å². The summed E-state index contributed by atoms with van der Waals surface area (Å²) in [6, 6.07) is -5.80. The van der Waals surface area contributed by atoms with E-state index in [1.54, 1.807) is 0 Å². The molecule has 0 aromatic heterocycles. The minimum Gasteiger partial charge on any atom is -0.481 e. The zero-order chi connectivity index (χ0) is 31.7. The molecule has 17 nitrogen and oxygen atoms in total. The van der Waals surface area contributed by atoms with E-state index < -0.39 is 103 Å². The average molecular weight is 589 g/mol. The molecule has 0 aliphatic rings. The van der Waals surface area contributed by atoms with Gasteiger partial charge in [-0.3, -0.25) is 33.6 Å². The average Bonchev–Trinajstić information content (AvgIpc) is 2.86. The van der Waals surface area contributed by atoms with Gasteiger partial charge in [-0.1, -0.05) is 13.8 Å². The maximum Gasteiger partial charge on any atom is 0.326 e. The predicted molar refractivity (Wildman–Crippen MR) is 141 cm³/mol. The summed E-state index contributed by atoms with van der Waals surface area (Å²) in [5.74, 6) is -9.04. The van der Waals surface area contributed by atoms with E-state index in [0.29, 0.717) is 19.4 Å². The lowest BCUT2D eigenvalue weighted by molar-refractivity contribution is -0.143. The molecule has 0 rings (SSSR count). The lowest BCUT2D eigenvalue weighted by Gasteiger charge is -2.27. The Labute approximate surface area is 236 Å². The van der Waals surface area contributed by atoms with E-state index in [4.69, 9.17) is 15.9 Å². The van der Waals surface area contributed by atoms with Gasteiger partial charge in [0, 0.05) is 13.3 Å². The first-order valence-electron chi connectivity index (χ1n) is 12.9. The fourth-order valence-corrected chi connectivity index (χ4v) is 3.44. The highest BCUT2D eigenvalue weighted by molar-refractivity contribution is 5.96. The SMILES string of the molecule is CC(=O)NCC(=O)NC(CC(=O)O)C(=O)NC(C(=O)NC(CCC(=O)O)C(=O)NC(CCCCN)C(=O)O)C(C)C. The molecule has 0 aliphatic carbocycles. The third-order valence-electron chi connectivity index (χ3n) is 5.62. The first kappa shape index (κ1) is 36.7. The van der Waals surface area contributed by atoms with Crippen molar-refractivity contribution in [3.63, 3.8) is 0 Å². The van der Waals surface area contributed by atoms with Crippen LogP contribution in [0.2, 0.25) is 0 Å². The van der Waals surface area contributed by atoms with Crippen LogP contribution in [0.25, 0.3) is 0 Å². The van der Waals surface area contributed by atoms with Crippen molar-refractivity contribution in [3.8, 4) is 0 Å². The van der Waals surface area contributed by atoms with Gasteiger partial charge < -0.3 is 47.6 Å². The number of amides is 5. The number of aliphatic carboxylic acids is 3. The largest absolute Gasteiger partial charge is 0.481 e. The Morgan fingerprint density at radius 3 is 1.78 bits per heavy atom. The smallest absolute Gasteiger partial charge is 0.326 e. The zero-order valence-electron chi connectivity index (χ0n) is 23.2. The summed E-state index contributed by atoms with van der Waals surface area (Å²) in [5.41, 5.74) is 5.41. The predicted octanol–water partition coefficient (Wildman–Crippen LogP) is -2.73. The van der Waals surface area contributed by atoms with Crippen LogP contribution in [0.4, 0.5) is 0 Å². The number of carbonyl (C=O) groups excluding carboxylic acids is 5. The van der Waals surface area contributed by atoms with Crippen LogP contribution in [0.1, 0.15) is 59.3 Å². The highest BCUT2D eigenvalue weighted by Crippen LogP contribution is 2.08. The monoisotopic (exact) mass is 588 g/mol. The number of nitrogens with one attached hydrogen (secondary N) is 5. The maximum absolute atomic E-state index is 13.1. The lowest BCUT2D eigenvalue weighted by Crippen LogP contribution is -2.59. The maximum atomic E-state index is 13.1. The van der Waals surface area contributed by atoms with Crippen LogP contribution in [-0.2, 0) is 38.4 Å².